The molecule has 1 saturated heterocycles. The number of piperidine rings is 1. The van der Waals surface area contributed by atoms with Gasteiger partial charge in [-0.05, 0) is 60.7 Å². The third kappa shape index (κ3) is 2.71. The second kappa shape index (κ2) is 6.10. The summed E-state index contributed by atoms with van der Waals surface area (Å²) in [6.07, 6.45) is 2.75. The van der Waals surface area contributed by atoms with E-state index in [2.05, 4.69) is 23.5 Å². The van der Waals surface area contributed by atoms with Crippen molar-refractivity contribution in [1.82, 2.24) is 5.32 Å². The monoisotopic (exact) mass is 325 g/mol. The van der Waals surface area contributed by atoms with Crippen molar-refractivity contribution in [2.75, 3.05) is 13.1 Å². The Labute approximate surface area is 141 Å². The fraction of sp³-hybridized carbons (Fsp3) is 0.350. The summed E-state index contributed by atoms with van der Waals surface area (Å²) in [5.41, 5.74) is 4.48. The first-order chi connectivity index (χ1) is 11.2. The van der Waals surface area contributed by atoms with Gasteiger partial charge in [0, 0.05) is 22.9 Å². The molecule has 23 heavy (non-hydrogen) atoms. The van der Waals surface area contributed by atoms with Crippen molar-refractivity contribution in [3.63, 3.8) is 0 Å². The Hall–Kier alpha value is -1.64. The summed E-state index contributed by atoms with van der Waals surface area (Å²) in [5, 5.41) is 4.16. The van der Waals surface area contributed by atoms with E-state index >= 15 is 0 Å². The predicted octanol–water partition coefficient (Wildman–Crippen LogP) is 4.21. The molecule has 0 amide bonds. The molecule has 0 aromatic heterocycles. The van der Waals surface area contributed by atoms with Gasteiger partial charge in [-0.2, -0.15) is 0 Å². The van der Waals surface area contributed by atoms with Gasteiger partial charge in [0.15, 0.2) is 5.78 Å². The number of benzene rings is 2. The van der Waals surface area contributed by atoms with Crippen LogP contribution in [0.2, 0.25) is 5.02 Å². The number of fused-ring (bicyclic) bond motifs is 2. The summed E-state index contributed by atoms with van der Waals surface area (Å²) in [6, 6.07) is 14.2. The molecular formula is C20H20ClNO. The first kappa shape index (κ1) is 14.9. The third-order valence-electron chi connectivity index (χ3n) is 5.24. The second-order valence-electron chi connectivity index (χ2n) is 6.60. The minimum absolute atomic E-state index is 0.209. The maximum atomic E-state index is 12.8. The van der Waals surface area contributed by atoms with E-state index in [-0.39, 0.29) is 5.78 Å². The molecule has 1 atom stereocenters. The summed E-state index contributed by atoms with van der Waals surface area (Å²) in [4.78, 5) is 12.8. The van der Waals surface area contributed by atoms with Crippen LogP contribution in [0.25, 0.3) is 0 Å². The van der Waals surface area contributed by atoms with E-state index in [0.717, 1.165) is 37.1 Å². The van der Waals surface area contributed by atoms with Crippen LogP contribution in [0.4, 0.5) is 0 Å². The zero-order valence-electron chi connectivity index (χ0n) is 13.0. The Bertz CT molecular complexity index is 749. The standard InChI is InChI=1S/C20H20ClNO/c21-15-5-6-16-14(11-15)12-19(23)17-3-1-2-4-18(17)20(16)13-7-9-22-10-8-13/h1-6,11,13,20,22H,7-10,12H2. The van der Waals surface area contributed by atoms with Gasteiger partial charge in [0.25, 0.3) is 0 Å². The molecule has 2 aromatic rings. The summed E-state index contributed by atoms with van der Waals surface area (Å²) >= 11 is 6.20. The number of carbonyl (C=O) groups is 1. The van der Waals surface area contributed by atoms with Gasteiger partial charge < -0.3 is 5.32 Å². The maximum Gasteiger partial charge on any atom is 0.167 e. The van der Waals surface area contributed by atoms with Crippen molar-refractivity contribution < 1.29 is 4.79 Å². The van der Waals surface area contributed by atoms with Crippen LogP contribution in [-0.2, 0) is 6.42 Å². The highest BCUT2D eigenvalue weighted by atomic mass is 35.5. The smallest absolute Gasteiger partial charge is 0.167 e. The second-order valence-corrected chi connectivity index (χ2v) is 7.03. The highest BCUT2D eigenvalue weighted by Crippen LogP contribution is 2.42. The van der Waals surface area contributed by atoms with E-state index in [1.165, 1.54) is 11.1 Å². The molecule has 0 radical (unpaired) electrons. The Kier molecular flexibility index (Phi) is 3.96. The van der Waals surface area contributed by atoms with Gasteiger partial charge >= 0.3 is 0 Å². The number of ketones is 1. The molecule has 2 nitrogen and oxygen atoms in total. The van der Waals surface area contributed by atoms with Gasteiger partial charge in [0.05, 0.1) is 0 Å². The number of halogens is 1. The van der Waals surface area contributed by atoms with Gasteiger partial charge in [-0.3, -0.25) is 4.79 Å². The summed E-state index contributed by atoms with van der Waals surface area (Å²) in [5.74, 6) is 1.08. The van der Waals surface area contributed by atoms with Crippen molar-refractivity contribution in [2.24, 2.45) is 5.92 Å². The Morgan fingerprint density at radius 2 is 1.78 bits per heavy atom. The quantitative estimate of drug-likeness (QED) is 0.851. The fourth-order valence-electron chi connectivity index (χ4n) is 4.17. The molecule has 4 rings (SSSR count). The van der Waals surface area contributed by atoms with Crippen molar-refractivity contribution in [1.29, 1.82) is 0 Å². The van der Waals surface area contributed by atoms with E-state index in [1.54, 1.807) is 0 Å². The van der Waals surface area contributed by atoms with Gasteiger partial charge in [-0.15, -0.1) is 0 Å². The van der Waals surface area contributed by atoms with Crippen LogP contribution in [0.15, 0.2) is 42.5 Å². The number of carbonyl (C=O) groups excluding carboxylic acids is 1. The molecule has 1 unspecified atom stereocenters. The van der Waals surface area contributed by atoms with Gasteiger partial charge in [0.1, 0.15) is 0 Å². The first-order valence-corrected chi connectivity index (χ1v) is 8.73. The number of hydrogen-bond donors (Lipinski definition) is 1. The fourth-order valence-corrected chi connectivity index (χ4v) is 4.37. The van der Waals surface area contributed by atoms with E-state index in [4.69, 9.17) is 11.6 Å². The molecule has 1 aliphatic carbocycles. The number of Topliss-reactive ketones (excluding diaryl/α,β-unsaturated/α-hetero) is 1. The zero-order valence-corrected chi connectivity index (χ0v) is 13.8. The highest BCUT2D eigenvalue weighted by Gasteiger charge is 2.33. The summed E-state index contributed by atoms with van der Waals surface area (Å²) < 4.78 is 0. The molecule has 118 valence electrons. The van der Waals surface area contributed by atoms with Gasteiger partial charge in [-0.1, -0.05) is 41.9 Å². The van der Waals surface area contributed by atoms with Crippen LogP contribution in [0.3, 0.4) is 0 Å². The van der Waals surface area contributed by atoms with Crippen molar-refractivity contribution in [2.45, 2.75) is 25.2 Å². The molecule has 3 heteroatoms. The average Bonchev–Trinajstić information content (AvgIpc) is 2.70. The third-order valence-corrected chi connectivity index (χ3v) is 5.48. The average molecular weight is 326 g/mol. The largest absolute Gasteiger partial charge is 0.317 e. The molecule has 1 heterocycles. The van der Waals surface area contributed by atoms with Gasteiger partial charge in [0.2, 0.25) is 0 Å². The van der Waals surface area contributed by atoms with E-state index in [0.29, 0.717) is 23.3 Å². The van der Waals surface area contributed by atoms with Crippen LogP contribution < -0.4 is 5.32 Å². The molecule has 1 aliphatic heterocycles. The topological polar surface area (TPSA) is 29.1 Å². The van der Waals surface area contributed by atoms with Crippen LogP contribution >= 0.6 is 11.6 Å². The SMILES string of the molecule is O=C1Cc2cc(Cl)ccc2C(C2CCNCC2)c2ccccc21. The highest BCUT2D eigenvalue weighted by molar-refractivity contribution is 6.30. The molecule has 0 spiro atoms. The summed E-state index contributed by atoms with van der Waals surface area (Å²) in [7, 11) is 0. The Balaban J connectivity index is 1.91. The van der Waals surface area contributed by atoms with E-state index < -0.39 is 0 Å². The van der Waals surface area contributed by atoms with Crippen molar-refractivity contribution in [3.05, 3.63) is 69.7 Å². The maximum absolute atomic E-state index is 12.8. The lowest BCUT2D eigenvalue weighted by Crippen LogP contribution is -2.31. The van der Waals surface area contributed by atoms with E-state index in [1.807, 2.05) is 24.3 Å². The van der Waals surface area contributed by atoms with Gasteiger partial charge in [-0.25, -0.2) is 0 Å². The Morgan fingerprint density at radius 1 is 1.00 bits per heavy atom. The number of rotatable bonds is 1. The lowest BCUT2D eigenvalue weighted by atomic mass is 9.75. The van der Waals surface area contributed by atoms with Crippen LogP contribution in [0.1, 0.15) is 45.8 Å². The van der Waals surface area contributed by atoms with Crippen LogP contribution in [-0.4, -0.2) is 18.9 Å². The van der Waals surface area contributed by atoms with Crippen molar-refractivity contribution in [3.8, 4) is 0 Å². The van der Waals surface area contributed by atoms with E-state index in [9.17, 15) is 4.79 Å². The molecule has 2 aromatic carbocycles. The lowest BCUT2D eigenvalue weighted by molar-refractivity contribution is 0.0993. The Morgan fingerprint density at radius 3 is 2.61 bits per heavy atom. The lowest BCUT2D eigenvalue weighted by Gasteiger charge is -2.32. The molecule has 0 bridgehead atoms. The number of nitrogens with one attached hydrogen (secondary N) is 1. The first-order valence-electron chi connectivity index (χ1n) is 8.35. The summed E-state index contributed by atoms with van der Waals surface area (Å²) in [6.45, 7) is 2.11. The molecule has 2 aliphatic rings. The molecule has 0 saturated carbocycles. The zero-order chi connectivity index (χ0) is 15.8. The minimum Gasteiger partial charge on any atom is -0.317 e. The molecule has 1 N–H and O–H groups in total. The number of hydrogen-bond acceptors (Lipinski definition) is 2. The van der Waals surface area contributed by atoms with Crippen LogP contribution in [0, 0.1) is 5.92 Å². The predicted molar refractivity (Wildman–Crippen MR) is 93.4 cm³/mol. The van der Waals surface area contributed by atoms with Crippen molar-refractivity contribution >= 4 is 17.4 Å². The molecule has 1 fully saturated rings. The molecular weight excluding hydrogens is 306 g/mol. The normalized spacial score (nSPS) is 21.4. The minimum atomic E-state index is 0.209. The van der Waals surface area contributed by atoms with Crippen LogP contribution in [0.5, 0.6) is 0 Å².